The van der Waals surface area contributed by atoms with E-state index in [1.807, 2.05) is 34.9 Å². The fraction of sp³-hybridized carbons (Fsp3) is 0.364. The van der Waals surface area contributed by atoms with Crippen LogP contribution in [0.5, 0.6) is 5.75 Å². The summed E-state index contributed by atoms with van der Waals surface area (Å²) in [6, 6.07) is 15.0. The van der Waals surface area contributed by atoms with Crippen LogP contribution in [-0.2, 0) is 11.3 Å². The summed E-state index contributed by atoms with van der Waals surface area (Å²) < 4.78 is 13.6. The second-order valence-electron chi connectivity index (χ2n) is 7.09. The van der Waals surface area contributed by atoms with Crippen molar-refractivity contribution >= 4 is 16.8 Å². The minimum Gasteiger partial charge on any atom is -0.490 e. The molecule has 28 heavy (non-hydrogen) atoms. The van der Waals surface area contributed by atoms with Gasteiger partial charge in [-0.2, -0.15) is 0 Å². The van der Waals surface area contributed by atoms with Gasteiger partial charge in [0.15, 0.2) is 5.78 Å². The van der Waals surface area contributed by atoms with Crippen molar-refractivity contribution in [2.75, 3.05) is 13.2 Å². The van der Waals surface area contributed by atoms with Crippen LogP contribution in [0.4, 0.5) is 0 Å². The Kier molecular flexibility index (Phi) is 5.41. The number of aliphatic hydroxyl groups excluding tert-OH is 1. The lowest BCUT2D eigenvalue weighted by molar-refractivity contribution is 0.0796. The van der Waals surface area contributed by atoms with E-state index in [2.05, 4.69) is 0 Å². The average molecular weight is 380 g/mol. The van der Waals surface area contributed by atoms with Crippen LogP contribution in [0.3, 0.4) is 0 Å². The first-order chi connectivity index (χ1) is 13.6. The molecule has 4 rings (SSSR count). The number of rotatable bonds is 7. The van der Waals surface area contributed by atoms with Crippen LogP contribution in [0.15, 0.2) is 48.5 Å². The molecule has 2 atom stereocenters. The second kappa shape index (κ2) is 8.12. The minimum absolute atomic E-state index is 0.0426. The molecule has 2 aromatic carbocycles. The van der Waals surface area contributed by atoms with Crippen molar-refractivity contribution in [1.29, 1.82) is 0 Å². The van der Waals surface area contributed by atoms with E-state index < -0.39 is 6.10 Å². The van der Waals surface area contributed by atoms with Gasteiger partial charge in [0.1, 0.15) is 30.4 Å². The van der Waals surface area contributed by atoms with Crippen molar-refractivity contribution in [3.8, 4) is 5.75 Å². The highest BCUT2D eigenvalue weighted by molar-refractivity contribution is 5.96. The number of nitrogens with zero attached hydrogens (tertiary/aromatic N) is 2. The number of carbonyl (C=O) groups excluding carboxylic acids is 1. The molecule has 0 amide bonds. The van der Waals surface area contributed by atoms with Gasteiger partial charge in [-0.25, -0.2) is 4.98 Å². The van der Waals surface area contributed by atoms with E-state index in [9.17, 15) is 9.90 Å². The third-order valence-electron chi connectivity index (χ3n) is 4.99. The van der Waals surface area contributed by atoms with Crippen molar-refractivity contribution in [2.45, 2.75) is 38.5 Å². The van der Waals surface area contributed by atoms with E-state index in [1.54, 1.807) is 18.2 Å². The number of para-hydroxylation sites is 3. The average Bonchev–Trinajstić information content (AvgIpc) is 3.35. The first-order valence-corrected chi connectivity index (χ1v) is 9.61. The van der Waals surface area contributed by atoms with Gasteiger partial charge in [0.05, 0.1) is 23.1 Å². The molecule has 2 unspecified atom stereocenters. The molecule has 1 N–H and O–H groups in total. The Bertz CT molecular complexity index is 976. The summed E-state index contributed by atoms with van der Waals surface area (Å²) in [6.45, 7) is 2.67. The van der Waals surface area contributed by atoms with Crippen LogP contribution in [0.2, 0.25) is 0 Å². The van der Waals surface area contributed by atoms with E-state index in [0.29, 0.717) is 17.9 Å². The third kappa shape index (κ3) is 3.79. The zero-order chi connectivity index (χ0) is 19.5. The Balaban J connectivity index is 1.53. The Hall–Kier alpha value is -2.70. The van der Waals surface area contributed by atoms with Gasteiger partial charge >= 0.3 is 0 Å². The summed E-state index contributed by atoms with van der Waals surface area (Å²) in [5.41, 5.74) is 2.38. The molecule has 1 fully saturated rings. The Morgan fingerprint density at radius 1 is 1.29 bits per heavy atom. The van der Waals surface area contributed by atoms with Gasteiger partial charge in [-0.15, -0.1) is 0 Å². The molecule has 3 aromatic rings. The molecule has 0 bridgehead atoms. The van der Waals surface area contributed by atoms with Gasteiger partial charge in [0.2, 0.25) is 0 Å². The number of fused-ring (bicyclic) bond motifs is 1. The molecule has 0 radical (unpaired) electrons. The summed E-state index contributed by atoms with van der Waals surface area (Å²) in [6.07, 6.45) is 1.15. The van der Waals surface area contributed by atoms with Crippen molar-refractivity contribution in [1.82, 2.24) is 9.55 Å². The number of aromatic nitrogens is 2. The van der Waals surface area contributed by atoms with Gasteiger partial charge in [-0.05, 0) is 44.0 Å². The SMILES string of the molecule is CC(=O)c1ccccc1OCC(O)Cn1c(C2CCCO2)nc2ccccc21. The number of imidazole rings is 1. The maximum Gasteiger partial charge on any atom is 0.163 e. The maximum absolute atomic E-state index is 11.7. The molecular weight excluding hydrogens is 356 g/mol. The third-order valence-corrected chi connectivity index (χ3v) is 4.99. The summed E-state index contributed by atoms with van der Waals surface area (Å²) in [4.78, 5) is 16.5. The van der Waals surface area contributed by atoms with Gasteiger partial charge < -0.3 is 19.1 Å². The lowest BCUT2D eigenvalue weighted by Crippen LogP contribution is -2.25. The molecule has 2 heterocycles. The topological polar surface area (TPSA) is 73.6 Å². The number of ether oxygens (including phenoxy) is 2. The molecule has 1 aromatic heterocycles. The lowest BCUT2D eigenvalue weighted by Gasteiger charge is -2.18. The Morgan fingerprint density at radius 3 is 2.86 bits per heavy atom. The number of Topliss-reactive ketones (excluding diaryl/α,β-unsaturated/α-hetero) is 1. The summed E-state index contributed by atoms with van der Waals surface area (Å²) >= 11 is 0. The van der Waals surface area contributed by atoms with Crippen molar-refractivity contribution in [3.05, 3.63) is 59.9 Å². The second-order valence-corrected chi connectivity index (χ2v) is 7.09. The van der Waals surface area contributed by atoms with Crippen molar-refractivity contribution in [3.63, 3.8) is 0 Å². The molecular formula is C22H24N2O4. The van der Waals surface area contributed by atoms with E-state index in [1.165, 1.54) is 6.92 Å². The predicted molar refractivity (Wildman–Crippen MR) is 106 cm³/mol. The van der Waals surface area contributed by atoms with Gasteiger partial charge in [-0.3, -0.25) is 4.79 Å². The number of ketones is 1. The normalized spacial score (nSPS) is 17.7. The molecule has 0 spiro atoms. The maximum atomic E-state index is 11.7. The van der Waals surface area contributed by atoms with Crippen LogP contribution in [-0.4, -0.2) is 39.8 Å². The summed E-state index contributed by atoms with van der Waals surface area (Å²) in [5, 5.41) is 10.6. The van der Waals surface area contributed by atoms with Crippen LogP contribution in [0, 0.1) is 0 Å². The monoisotopic (exact) mass is 380 g/mol. The molecule has 6 heteroatoms. The number of hydrogen-bond acceptors (Lipinski definition) is 5. The van der Waals surface area contributed by atoms with Crippen LogP contribution < -0.4 is 4.74 Å². The largest absolute Gasteiger partial charge is 0.490 e. The summed E-state index contributed by atoms with van der Waals surface area (Å²) in [7, 11) is 0. The number of benzene rings is 2. The standard InChI is InChI=1S/C22H24N2O4/c1-15(25)17-7-2-5-10-20(17)28-14-16(26)13-24-19-9-4-3-8-18(19)23-22(24)21-11-6-12-27-21/h2-5,7-10,16,21,26H,6,11-14H2,1H3. The van der Waals surface area contributed by atoms with Crippen LogP contribution >= 0.6 is 0 Å². The molecule has 0 saturated carbocycles. The summed E-state index contributed by atoms with van der Waals surface area (Å²) in [5.74, 6) is 1.28. The Labute approximate surface area is 163 Å². The highest BCUT2D eigenvalue weighted by Crippen LogP contribution is 2.30. The Morgan fingerprint density at radius 2 is 2.07 bits per heavy atom. The molecule has 0 aliphatic carbocycles. The van der Waals surface area contributed by atoms with E-state index >= 15 is 0 Å². The van der Waals surface area contributed by atoms with Crippen molar-refractivity contribution in [2.24, 2.45) is 0 Å². The number of aliphatic hydroxyl groups is 1. The van der Waals surface area contributed by atoms with Crippen LogP contribution in [0.25, 0.3) is 11.0 Å². The van der Waals surface area contributed by atoms with E-state index in [4.69, 9.17) is 14.5 Å². The quantitative estimate of drug-likeness (QED) is 0.635. The van der Waals surface area contributed by atoms with E-state index in [-0.39, 0.29) is 18.5 Å². The van der Waals surface area contributed by atoms with Gasteiger partial charge in [-0.1, -0.05) is 24.3 Å². The smallest absolute Gasteiger partial charge is 0.163 e. The van der Waals surface area contributed by atoms with E-state index in [0.717, 1.165) is 36.3 Å². The van der Waals surface area contributed by atoms with Gasteiger partial charge in [0.25, 0.3) is 0 Å². The zero-order valence-electron chi connectivity index (χ0n) is 15.9. The molecule has 1 aliphatic rings. The van der Waals surface area contributed by atoms with Crippen LogP contribution in [0.1, 0.15) is 42.1 Å². The van der Waals surface area contributed by atoms with Gasteiger partial charge in [0, 0.05) is 6.61 Å². The highest BCUT2D eigenvalue weighted by Gasteiger charge is 2.25. The fourth-order valence-electron chi connectivity index (χ4n) is 3.65. The molecule has 6 nitrogen and oxygen atoms in total. The first kappa shape index (κ1) is 18.7. The zero-order valence-corrected chi connectivity index (χ0v) is 15.9. The highest BCUT2D eigenvalue weighted by atomic mass is 16.5. The molecule has 1 aliphatic heterocycles. The number of carbonyl (C=O) groups is 1. The molecule has 146 valence electrons. The fourth-order valence-corrected chi connectivity index (χ4v) is 3.65. The minimum atomic E-state index is -0.752. The first-order valence-electron chi connectivity index (χ1n) is 9.61. The predicted octanol–water partition coefficient (Wildman–Crippen LogP) is 3.53. The lowest BCUT2D eigenvalue weighted by atomic mass is 10.1. The van der Waals surface area contributed by atoms with Crippen molar-refractivity contribution < 1.29 is 19.4 Å². The number of hydrogen-bond donors (Lipinski definition) is 1. The molecule has 1 saturated heterocycles.